The van der Waals surface area contributed by atoms with Crippen LogP contribution in [0.2, 0.25) is 0 Å². The number of hydrogen-bond donors (Lipinski definition) is 2. The Morgan fingerprint density at radius 3 is 2.22 bits per heavy atom. The summed E-state index contributed by atoms with van der Waals surface area (Å²) >= 11 is 0. The predicted molar refractivity (Wildman–Crippen MR) is 39.6 cm³/mol. The molecule has 9 heavy (non-hydrogen) atoms. The summed E-state index contributed by atoms with van der Waals surface area (Å²) in [6.45, 7) is 7.80. The molecule has 2 heteroatoms. The van der Waals surface area contributed by atoms with Gasteiger partial charge in [0, 0.05) is 18.6 Å². The molecule has 1 saturated heterocycles. The molecule has 1 fully saturated rings. The lowest BCUT2D eigenvalue weighted by Crippen LogP contribution is -2.67. The van der Waals surface area contributed by atoms with Gasteiger partial charge in [-0.3, -0.25) is 0 Å². The van der Waals surface area contributed by atoms with Gasteiger partial charge in [-0.25, -0.2) is 0 Å². The first kappa shape index (κ1) is 7.03. The van der Waals surface area contributed by atoms with Crippen LogP contribution in [0.3, 0.4) is 0 Å². The third-order valence-corrected chi connectivity index (χ3v) is 2.16. The summed E-state index contributed by atoms with van der Waals surface area (Å²) in [7, 11) is 0. The van der Waals surface area contributed by atoms with E-state index in [-0.39, 0.29) is 0 Å². The minimum atomic E-state index is 0.453. The van der Waals surface area contributed by atoms with Crippen LogP contribution in [0.25, 0.3) is 0 Å². The van der Waals surface area contributed by atoms with Crippen LogP contribution in [0.5, 0.6) is 0 Å². The van der Waals surface area contributed by atoms with Gasteiger partial charge in [0.05, 0.1) is 0 Å². The lowest BCUT2D eigenvalue weighted by atomic mass is 9.89. The average Bonchev–Trinajstić information content (AvgIpc) is 1.79. The minimum Gasteiger partial charge on any atom is -0.313 e. The average molecular weight is 128 g/mol. The van der Waals surface area contributed by atoms with Crippen molar-refractivity contribution < 1.29 is 0 Å². The third kappa shape index (κ3) is 1.25. The molecule has 0 amide bonds. The van der Waals surface area contributed by atoms with Crippen molar-refractivity contribution in [2.45, 2.75) is 25.8 Å². The lowest BCUT2D eigenvalue weighted by molar-refractivity contribution is 0.211. The summed E-state index contributed by atoms with van der Waals surface area (Å²) in [4.78, 5) is 0. The van der Waals surface area contributed by atoms with Crippen LogP contribution >= 0.6 is 0 Å². The van der Waals surface area contributed by atoms with Gasteiger partial charge >= 0.3 is 0 Å². The Labute approximate surface area is 57.0 Å². The molecule has 1 aliphatic heterocycles. The van der Waals surface area contributed by atoms with E-state index in [4.69, 9.17) is 0 Å². The first-order chi connectivity index (χ1) is 4.33. The normalized spacial score (nSPS) is 23.3. The van der Waals surface area contributed by atoms with Gasteiger partial charge in [0.15, 0.2) is 0 Å². The molecule has 2 nitrogen and oxygen atoms in total. The monoisotopic (exact) mass is 128 g/mol. The molecule has 2 N–H and O–H groups in total. The number of likely N-dealkylation sites (N-methyl/N-ethyl adjacent to an activating group) is 1. The molecule has 0 aromatic rings. The second-order valence-corrected chi connectivity index (χ2v) is 2.77. The molecule has 1 heterocycles. The van der Waals surface area contributed by atoms with Crippen molar-refractivity contribution in [3.8, 4) is 0 Å². The van der Waals surface area contributed by atoms with Gasteiger partial charge in [-0.1, -0.05) is 13.8 Å². The number of hydrogen-bond acceptors (Lipinski definition) is 2. The minimum absolute atomic E-state index is 0.453. The van der Waals surface area contributed by atoms with Gasteiger partial charge in [-0.05, 0) is 13.0 Å². The van der Waals surface area contributed by atoms with Gasteiger partial charge in [-0.2, -0.15) is 0 Å². The van der Waals surface area contributed by atoms with Crippen molar-refractivity contribution in [3.05, 3.63) is 0 Å². The van der Waals surface area contributed by atoms with Crippen LogP contribution in [0.4, 0.5) is 0 Å². The van der Waals surface area contributed by atoms with Crippen LogP contribution in [0.15, 0.2) is 0 Å². The zero-order valence-corrected chi connectivity index (χ0v) is 6.33. The summed E-state index contributed by atoms with van der Waals surface area (Å²) in [5.74, 6) is 0. The second kappa shape index (κ2) is 2.67. The van der Waals surface area contributed by atoms with Crippen molar-refractivity contribution in [2.75, 3.05) is 19.6 Å². The van der Waals surface area contributed by atoms with Gasteiger partial charge in [-0.15, -0.1) is 0 Å². The molecule has 0 aromatic heterocycles. The van der Waals surface area contributed by atoms with E-state index in [1.54, 1.807) is 0 Å². The Morgan fingerprint density at radius 1 is 1.44 bits per heavy atom. The van der Waals surface area contributed by atoms with E-state index in [9.17, 15) is 0 Å². The topological polar surface area (TPSA) is 24.1 Å². The standard InChI is InChI=1S/C7H16N2/c1-3-7(9-4-2)5-8-6-7/h8-9H,3-6H2,1-2H3. The Bertz CT molecular complexity index is 81.4. The maximum Gasteiger partial charge on any atom is 0.0429 e. The van der Waals surface area contributed by atoms with Gasteiger partial charge in [0.2, 0.25) is 0 Å². The van der Waals surface area contributed by atoms with E-state index in [1.165, 1.54) is 6.42 Å². The first-order valence-electron chi connectivity index (χ1n) is 3.79. The SMILES string of the molecule is CCNC1(CC)CNC1. The van der Waals surface area contributed by atoms with Crippen LogP contribution < -0.4 is 10.6 Å². The molecule has 0 bridgehead atoms. The van der Waals surface area contributed by atoms with E-state index < -0.39 is 0 Å². The van der Waals surface area contributed by atoms with E-state index >= 15 is 0 Å². The predicted octanol–water partition coefficient (Wildman–Crippen LogP) is 0.348. The highest BCUT2D eigenvalue weighted by Gasteiger charge is 2.33. The Balaban J connectivity index is 2.28. The molecular weight excluding hydrogens is 112 g/mol. The van der Waals surface area contributed by atoms with Crippen molar-refractivity contribution in [1.82, 2.24) is 10.6 Å². The van der Waals surface area contributed by atoms with Crippen LogP contribution in [-0.2, 0) is 0 Å². The Kier molecular flexibility index (Phi) is 2.09. The number of nitrogens with one attached hydrogen (secondary N) is 2. The zero-order chi connectivity index (χ0) is 6.74. The van der Waals surface area contributed by atoms with Crippen molar-refractivity contribution in [2.24, 2.45) is 0 Å². The van der Waals surface area contributed by atoms with E-state index in [1.807, 2.05) is 0 Å². The first-order valence-corrected chi connectivity index (χ1v) is 3.79. The molecular formula is C7H16N2. The van der Waals surface area contributed by atoms with Crippen LogP contribution in [0, 0.1) is 0 Å². The van der Waals surface area contributed by atoms with E-state index in [0.29, 0.717) is 5.54 Å². The molecule has 0 aliphatic carbocycles. The number of rotatable bonds is 3. The highest BCUT2D eigenvalue weighted by atomic mass is 15.1. The van der Waals surface area contributed by atoms with Crippen LogP contribution in [-0.4, -0.2) is 25.2 Å². The van der Waals surface area contributed by atoms with Gasteiger partial charge in [0.25, 0.3) is 0 Å². The maximum atomic E-state index is 3.48. The van der Waals surface area contributed by atoms with Crippen molar-refractivity contribution >= 4 is 0 Å². The van der Waals surface area contributed by atoms with E-state index in [0.717, 1.165) is 19.6 Å². The second-order valence-electron chi connectivity index (χ2n) is 2.77. The molecule has 0 aromatic carbocycles. The highest BCUT2D eigenvalue weighted by molar-refractivity contribution is 4.98. The molecule has 0 unspecified atom stereocenters. The van der Waals surface area contributed by atoms with Crippen molar-refractivity contribution in [1.29, 1.82) is 0 Å². The Morgan fingerprint density at radius 2 is 2.11 bits per heavy atom. The van der Waals surface area contributed by atoms with Crippen molar-refractivity contribution in [3.63, 3.8) is 0 Å². The Hall–Kier alpha value is -0.0800. The smallest absolute Gasteiger partial charge is 0.0429 e. The fraction of sp³-hybridized carbons (Fsp3) is 1.00. The third-order valence-electron chi connectivity index (χ3n) is 2.16. The molecule has 54 valence electrons. The summed E-state index contributed by atoms with van der Waals surface area (Å²) in [5.41, 5.74) is 0.453. The fourth-order valence-electron chi connectivity index (χ4n) is 1.30. The molecule has 0 atom stereocenters. The molecule has 1 aliphatic rings. The lowest BCUT2D eigenvalue weighted by Gasteiger charge is -2.42. The molecule has 0 saturated carbocycles. The zero-order valence-electron chi connectivity index (χ0n) is 6.33. The fourth-order valence-corrected chi connectivity index (χ4v) is 1.30. The quantitative estimate of drug-likeness (QED) is 0.573. The maximum absolute atomic E-state index is 3.48. The summed E-state index contributed by atoms with van der Waals surface area (Å²) < 4.78 is 0. The van der Waals surface area contributed by atoms with Crippen LogP contribution in [0.1, 0.15) is 20.3 Å². The van der Waals surface area contributed by atoms with Gasteiger partial charge in [0.1, 0.15) is 0 Å². The summed E-state index contributed by atoms with van der Waals surface area (Å²) in [5, 5.41) is 6.76. The highest BCUT2D eigenvalue weighted by Crippen LogP contribution is 2.14. The summed E-state index contributed by atoms with van der Waals surface area (Å²) in [6.07, 6.45) is 1.24. The van der Waals surface area contributed by atoms with E-state index in [2.05, 4.69) is 24.5 Å². The summed E-state index contributed by atoms with van der Waals surface area (Å²) in [6, 6.07) is 0. The molecule has 0 spiro atoms. The largest absolute Gasteiger partial charge is 0.313 e. The molecule has 1 rings (SSSR count). The molecule has 0 radical (unpaired) electrons. The van der Waals surface area contributed by atoms with Gasteiger partial charge < -0.3 is 10.6 Å².